The molecule has 2 aromatic heterocycles. The maximum atomic E-state index is 7.93. The molecule has 1 unspecified atom stereocenters. The Bertz CT molecular complexity index is 801. The van der Waals surface area contributed by atoms with Crippen LogP contribution in [0.2, 0.25) is 0 Å². The molecule has 2 aliphatic heterocycles. The van der Waals surface area contributed by atoms with Crippen molar-refractivity contribution in [3.05, 3.63) is 18.0 Å². The molecule has 2 saturated heterocycles. The molecular formula is C17H22N8O2. The van der Waals surface area contributed by atoms with Gasteiger partial charge >= 0.3 is 0 Å². The Labute approximate surface area is 156 Å². The molecule has 0 aliphatic carbocycles. The van der Waals surface area contributed by atoms with E-state index in [4.69, 9.17) is 30.6 Å². The minimum absolute atomic E-state index is 0.159. The smallest absolute Gasteiger partial charge is 0.228 e. The summed E-state index contributed by atoms with van der Waals surface area (Å²) in [6.45, 7) is 4.04. The predicted molar refractivity (Wildman–Crippen MR) is 101 cm³/mol. The van der Waals surface area contributed by atoms with Crippen LogP contribution < -0.4 is 16.0 Å². The summed E-state index contributed by atoms with van der Waals surface area (Å²) in [4.78, 5) is 19.6. The lowest BCUT2D eigenvalue weighted by Crippen LogP contribution is -2.37. The van der Waals surface area contributed by atoms with Gasteiger partial charge in [-0.1, -0.05) is 0 Å². The second-order valence-corrected chi connectivity index (χ2v) is 6.41. The van der Waals surface area contributed by atoms with Crippen LogP contribution in [0.1, 0.15) is 12.0 Å². The number of hydrogen-bond acceptors (Lipinski definition) is 10. The molecule has 0 saturated carbocycles. The zero-order valence-corrected chi connectivity index (χ0v) is 14.9. The van der Waals surface area contributed by atoms with Gasteiger partial charge in [-0.25, -0.2) is 15.0 Å². The first-order valence-electron chi connectivity index (χ1n) is 8.92. The summed E-state index contributed by atoms with van der Waals surface area (Å²) >= 11 is 0. The Morgan fingerprint density at radius 3 is 2.59 bits per heavy atom. The summed E-state index contributed by atoms with van der Waals surface area (Å²) in [5.41, 5.74) is 7.49. The summed E-state index contributed by atoms with van der Waals surface area (Å²) in [7, 11) is 0. The van der Waals surface area contributed by atoms with E-state index in [1.165, 1.54) is 6.21 Å². The number of nitrogens with two attached hydrogens (primary N) is 1. The third kappa shape index (κ3) is 3.81. The number of ether oxygens (including phenoxy) is 2. The maximum absolute atomic E-state index is 7.93. The van der Waals surface area contributed by atoms with E-state index in [1.54, 1.807) is 12.4 Å². The average molecular weight is 370 g/mol. The Balaban J connectivity index is 1.78. The lowest BCUT2D eigenvalue weighted by atomic mass is 10.1. The highest BCUT2D eigenvalue weighted by molar-refractivity contribution is 5.93. The van der Waals surface area contributed by atoms with Gasteiger partial charge < -0.3 is 30.8 Å². The fourth-order valence-electron chi connectivity index (χ4n) is 3.13. The van der Waals surface area contributed by atoms with Crippen LogP contribution in [0, 0.1) is 5.41 Å². The zero-order chi connectivity index (χ0) is 18.6. The highest BCUT2D eigenvalue weighted by atomic mass is 16.5. The van der Waals surface area contributed by atoms with Gasteiger partial charge in [-0.2, -0.15) is 4.98 Å². The van der Waals surface area contributed by atoms with Crippen LogP contribution in [0.15, 0.2) is 12.4 Å². The van der Waals surface area contributed by atoms with E-state index in [2.05, 4.69) is 20.2 Å². The number of nitrogen functional groups attached to an aromatic ring is 1. The number of aromatic nitrogens is 4. The van der Waals surface area contributed by atoms with E-state index in [-0.39, 0.29) is 12.0 Å². The minimum atomic E-state index is 0.159. The molecule has 27 heavy (non-hydrogen) atoms. The number of nitrogens with one attached hydrogen (secondary N) is 2. The van der Waals surface area contributed by atoms with Gasteiger partial charge in [0, 0.05) is 43.9 Å². The van der Waals surface area contributed by atoms with Crippen molar-refractivity contribution in [2.24, 2.45) is 0 Å². The Morgan fingerprint density at radius 2 is 1.93 bits per heavy atom. The first-order chi connectivity index (χ1) is 13.2. The monoisotopic (exact) mass is 370 g/mol. The van der Waals surface area contributed by atoms with Crippen molar-refractivity contribution in [2.75, 3.05) is 55.5 Å². The van der Waals surface area contributed by atoms with E-state index >= 15 is 0 Å². The summed E-state index contributed by atoms with van der Waals surface area (Å²) in [6, 6.07) is 0.159. The number of hydrogen-bond donors (Lipinski definition) is 3. The highest BCUT2D eigenvalue weighted by Gasteiger charge is 2.23. The Morgan fingerprint density at radius 1 is 1.15 bits per heavy atom. The van der Waals surface area contributed by atoms with Gasteiger partial charge in [0.1, 0.15) is 5.82 Å². The standard InChI is InChI=1S/C17H22N8O2/c18-7-13-14(11-8-20-16(19)21-9-11)23-17(25-2-5-26-6-3-25)24-15(13)22-12-1-4-27-10-12/h7-9,12,18H,1-6,10H2,(H2,19,20,21)(H,22,23,24). The molecule has 0 amide bonds. The van der Waals surface area contributed by atoms with Gasteiger partial charge in [-0.15, -0.1) is 0 Å². The molecule has 4 rings (SSSR count). The van der Waals surface area contributed by atoms with E-state index in [9.17, 15) is 0 Å². The van der Waals surface area contributed by atoms with Gasteiger partial charge in [0.15, 0.2) is 0 Å². The van der Waals surface area contributed by atoms with Gasteiger partial charge in [0.2, 0.25) is 11.9 Å². The zero-order valence-electron chi connectivity index (χ0n) is 14.9. The fourth-order valence-corrected chi connectivity index (χ4v) is 3.13. The van der Waals surface area contributed by atoms with Crippen molar-refractivity contribution < 1.29 is 9.47 Å². The summed E-state index contributed by atoms with van der Waals surface area (Å²) in [5, 5.41) is 11.3. The molecule has 0 spiro atoms. The molecule has 2 aromatic rings. The number of rotatable bonds is 5. The van der Waals surface area contributed by atoms with Crippen LogP contribution in [0.25, 0.3) is 11.3 Å². The van der Waals surface area contributed by atoms with Gasteiger partial charge in [-0.05, 0) is 6.42 Å². The topological polar surface area (TPSA) is 135 Å². The molecule has 0 radical (unpaired) electrons. The normalized spacial score (nSPS) is 19.9. The largest absolute Gasteiger partial charge is 0.379 e. The molecule has 10 heteroatoms. The molecule has 0 bridgehead atoms. The van der Waals surface area contributed by atoms with Crippen LogP contribution in [0.3, 0.4) is 0 Å². The van der Waals surface area contributed by atoms with Gasteiger partial charge in [0.05, 0.1) is 37.1 Å². The summed E-state index contributed by atoms with van der Waals surface area (Å²) < 4.78 is 10.9. The second-order valence-electron chi connectivity index (χ2n) is 6.41. The lowest BCUT2D eigenvalue weighted by molar-refractivity contribution is 0.122. The molecule has 0 aromatic carbocycles. The van der Waals surface area contributed by atoms with Crippen molar-refractivity contribution in [2.45, 2.75) is 12.5 Å². The third-order valence-corrected chi connectivity index (χ3v) is 4.59. The average Bonchev–Trinajstić information content (AvgIpc) is 3.22. The third-order valence-electron chi connectivity index (χ3n) is 4.59. The summed E-state index contributed by atoms with van der Waals surface area (Å²) in [6.07, 6.45) is 5.38. The van der Waals surface area contributed by atoms with Crippen molar-refractivity contribution in [3.63, 3.8) is 0 Å². The maximum Gasteiger partial charge on any atom is 0.228 e. The van der Waals surface area contributed by atoms with Crippen LogP contribution in [0.5, 0.6) is 0 Å². The van der Waals surface area contributed by atoms with E-state index in [0.29, 0.717) is 61.5 Å². The Hall–Kier alpha value is -2.85. The molecular weight excluding hydrogens is 348 g/mol. The van der Waals surface area contributed by atoms with E-state index in [1.807, 2.05) is 0 Å². The molecule has 2 fully saturated rings. The molecule has 4 heterocycles. The van der Waals surface area contributed by atoms with Gasteiger partial charge in [-0.3, -0.25) is 0 Å². The number of morpholine rings is 1. The summed E-state index contributed by atoms with van der Waals surface area (Å²) in [5.74, 6) is 1.40. The lowest BCUT2D eigenvalue weighted by Gasteiger charge is -2.28. The highest BCUT2D eigenvalue weighted by Crippen LogP contribution is 2.28. The minimum Gasteiger partial charge on any atom is -0.379 e. The molecule has 1 atom stereocenters. The van der Waals surface area contributed by atoms with Crippen LogP contribution in [-0.2, 0) is 9.47 Å². The first kappa shape index (κ1) is 17.6. The van der Waals surface area contributed by atoms with E-state index in [0.717, 1.165) is 13.0 Å². The first-order valence-corrected chi connectivity index (χ1v) is 8.92. The van der Waals surface area contributed by atoms with Gasteiger partial charge in [0.25, 0.3) is 0 Å². The van der Waals surface area contributed by atoms with Crippen LogP contribution in [-0.4, -0.2) is 71.7 Å². The van der Waals surface area contributed by atoms with E-state index < -0.39 is 0 Å². The van der Waals surface area contributed by atoms with Crippen molar-refractivity contribution in [3.8, 4) is 11.3 Å². The molecule has 10 nitrogen and oxygen atoms in total. The predicted octanol–water partition coefficient (Wildman–Crippen LogP) is 0.551. The molecule has 4 N–H and O–H groups in total. The van der Waals surface area contributed by atoms with Crippen molar-refractivity contribution in [1.29, 1.82) is 5.41 Å². The molecule has 142 valence electrons. The SMILES string of the molecule is N=Cc1c(NC2CCOC2)nc(N2CCOCC2)nc1-c1cnc(N)nc1. The van der Waals surface area contributed by atoms with Crippen LogP contribution in [0.4, 0.5) is 17.7 Å². The van der Waals surface area contributed by atoms with Crippen molar-refractivity contribution in [1.82, 2.24) is 19.9 Å². The molecule has 2 aliphatic rings. The van der Waals surface area contributed by atoms with Crippen molar-refractivity contribution >= 4 is 23.9 Å². The Kier molecular flexibility index (Phi) is 5.07. The number of anilines is 3. The quantitative estimate of drug-likeness (QED) is 0.645. The van der Waals surface area contributed by atoms with Crippen LogP contribution >= 0.6 is 0 Å². The fraction of sp³-hybridized carbons (Fsp3) is 0.471. The second kappa shape index (κ2) is 7.80. The number of nitrogens with zero attached hydrogens (tertiary/aromatic N) is 5.